The summed E-state index contributed by atoms with van der Waals surface area (Å²) in [5.41, 5.74) is -7.13. The van der Waals surface area contributed by atoms with Gasteiger partial charge in [-0.25, -0.2) is 9.59 Å². The van der Waals surface area contributed by atoms with Gasteiger partial charge >= 0.3 is 50.5 Å². The summed E-state index contributed by atoms with van der Waals surface area (Å²) < 4.78 is 108. The number of carbonyl (C=O) groups is 2. The van der Waals surface area contributed by atoms with Gasteiger partial charge in [-0.2, -0.15) is 17.6 Å². The third-order valence-corrected chi connectivity index (χ3v) is 16.2. The van der Waals surface area contributed by atoms with Crippen LogP contribution in [0.3, 0.4) is 0 Å². The quantitative estimate of drug-likeness (QED) is 0.0269. The molecule has 8 aromatic carbocycles. The van der Waals surface area contributed by atoms with Crippen molar-refractivity contribution >= 4 is 96.9 Å². The van der Waals surface area contributed by atoms with Crippen LogP contribution in [0.15, 0.2) is 191 Å². The molecule has 0 amide bonds. The second-order valence-electron chi connectivity index (χ2n) is 18.8. The van der Waals surface area contributed by atoms with Gasteiger partial charge in [0.2, 0.25) is 11.8 Å². The number of hydrogen-bond donors (Lipinski definition) is 5. The highest BCUT2D eigenvalue weighted by molar-refractivity contribution is 7.52. The molecular formula is C59H42Cl4F4N6O14P2. The van der Waals surface area contributed by atoms with E-state index in [1.54, 1.807) is 131 Å². The number of methoxy groups -OCH3 is 1. The van der Waals surface area contributed by atoms with Crippen molar-refractivity contribution in [2.45, 2.75) is 24.4 Å². The maximum absolute atomic E-state index is 14.2. The van der Waals surface area contributed by atoms with Crippen LogP contribution in [0.25, 0.3) is 22.9 Å². The SMILES string of the molecule is COC(=O)c1cccc(Oc2cccc(-c3nnc(N(Cc4ccc(C(F)(F)P(=O)(O)O)cc4)c4ccc(Cl)c(Cl)c4)o3)c2)c1.O=C(O)c1cccc(Oc2cccc(-c3nnc(N(Cc4ccc(C(F)(F)P(=O)(O)O)cc4)c4ccc(Cl)c(Cl)c4)o3)c2)c1. The Bertz CT molecular complexity index is 4330. The first-order valence-electron chi connectivity index (χ1n) is 25.4. The minimum absolute atomic E-state index is 0.00323. The number of aromatic nitrogens is 4. The Labute approximate surface area is 521 Å². The van der Waals surface area contributed by atoms with Crippen LogP contribution in [0.4, 0.5) is 41.0 Å². The number of alkyl halides is 4. The molecular weight excluding hydrogens is 1300 g/mol. The summed E-state index contributed by atoms with van der Waals surface area (Å²) in [5, 5.41) is 26.9. The Kier molecular flexibility index (Phi) is 19.7. The predicted molar refractivity (Wildman–Crippen MR) is 320 cm³/mol. The standard InChI is InChI=1S/C30H22Cl2F2N3O7P.C29H20Cl2F2N3O7P/c1-42-28(38)20-5-3-7-24(15-20)43-23-6-2-4-19(14-23)27-35-36-29(44-27)37(22-12-13-25(31)26(32)16-22)17-18-8-10-21(11-9-18)30(33,34)45(39,40)41;30-24-12-11-21(15-25(24)31)36(16-17-7-9-20(10-8-17)29(32,33)44(39,40)41)28-35-34-26(43-28)18-3-1-5-22(13-18)42-23-6-2-4-19(14-23)27(37)38/h2-16H,17H2,1H3,(H2,39,40,41);1-15H,16H2,(H,37,38)(H2,39,40,41). The molecule has 0 fully saturated rings. The highest BCUT2D eigenvalue weighted by atomic mass is 35.5. The van der Waals surface area contributed by atoms with Gasteiger partial charge in [0.15, 0.2) is 0 Å². The lowest BCUT2D eigenvalue weighted by molar-refractivity contribution is 0.0564. The molecule has 0 aliphatic heterocycles. The number of hydrogen-bond acceptors (Lipinski definition) is 15. The molecule has 10 rings (SSSR count). The van der Waals surface area contributed by atoms with Gasteiger partial charge in [-0.3, -0.25) is 18.9 Å². The molecule has 20 nitrogen and oxygen atoms in total. The first-order chi connectivity index (χ1) is 42.2. The van der Waals surface area contributed by atoms with Crippen LogP contribution in [-0.4, -0.2) is 64.1 Å². The van der Waals surface area contributed by atoms with Crippen LogP contribution in [-0.2, 0) is 38.3 Å². The number of anilines is 4. The van der Waals surface area contributed by atoms with E-state index in [4.69, 9.17) is 89.0 Å². The van der Waals surface area contributed by atoms with Gasteiger partial charge in [-0.15, -0.1) is 10.2 Å². The molecule has 0 aliphatic rings. The molecule has 5 N–H and O–H groups in total. The fourth-order valence-corrected chi connectivity index (χ4v) is 9.76. The van der Waals surface area contributed by atoms with Crippen molar-refractivity contribution in [3.63, 3.8) is 0 Å². The van der Waals surface area contributed by atoms with Crippen LogP contribution in [0.2, 0.25) is 20.1 Å². The second kappa shape index (κ2) is 27.0. The molecule has 0 spiro atoms. The zero-order valence-corrected chi connectivity index (χ0v) is 50.1. The van der Waals surface area contributed by atoms with Gasteiger partial charge < -0.3 is 47.7 Å². The lowest BCUT2D eigenvalue weighted by Crippen LogP contribution is -2.18. The molecule has 89 heavy (non-hydrogen) atoms. The van der Waals surface area contributed by atoms with E-state index in [9.17, 15) is 41.4 Å². The van der Waals surface area contributed by atoms with Crippen LogP contribution in [0.1, 0.15) is 43.0 Å². The van der Waals surface area contributed by atoms with E-state index in [1.807, 2.05) is 0 Å². The molecule has 0 saturated heterocycles. The largest absolute Gasteiger partial charge is 0.478 e. The predicted octanol–water partition coefficient (Wildman–Crippen LogP) is 16.3. The molecule has 0 atom stereocenters. The van der Waals surface area contributed by atoms with Crippen LogP contribution >= 0.6 is 61.6 Å². The fraction of sp³-hybridized carbons (Fsp3) is 0.0847. The Morgan fingerprint density at radius 3 is 1.24 bits per heavy atom. The molecule has 0 radical (unpaired) electrons. The van der Waals surface area contributed by atoms with Gasteiger partial charge in [0.1, 0.15) is 23.0 Å². The normalized spacial score (nSPS) is 11.7. The van der Waals surface area contributed by atoms with Gasteiger partial charge in [0.25, 0.3) is 0 Å². The van der Waals surface area contributed by atoms with Crippen molar-refractivity contribution in [3.8, 4) is 45.9 Å². The summed E-state index contributed by atoms with van der Waals surface area (Å²) in [6.07, 6.45) is 0. The van der Waals surface area contributed by atoms with Crippen molar-refractivity contribution in [3.05, 3.63) is 235 Å². The molecule has 0 aliphatic carbocycles. The number of carbonyl (C=O) groups excluding carboxylic acids is 1. The molecule has 458 valence electrons. The van der Waals surface area contributed by atoms with E-state index in [0.29, 0.717) is 67.2 Å². The smallest absolute Gasteiger partial charge is 0.399 e. The van der Waals surface area contributed by atoms with Crippen molar-refractivity contribution in [2.24, 2.45) is 0 Å². The van der Waals surface area contributed by atoms with Crippen molar-refractivity contribution in [2.75, 3.05) is 16.9 Å². The van der Waals surface area contributed by atoms with Gasteiger partial charge in [0, 0.05) is 33.6 Å². The fourth-order valence-electron chi connectivity index (χ4n) is 8.20. The summed E-state index contributed by atoms with van der Waals surface area (Å²) in [5.74, 6) is 0.131. The number of carboxylic acid groups (broad SMARTS) is 1. The van der Waals surface area contributed by atoms with Crippen molar-refractivity contribution < 1.29 is 84.0 Å². The second-order valence-corrected chi connectivity index (χ2v) is 23.8. The lowest BCUT2D eigenvalue weighted by atomic mass is 10.1. The zero-order valence-electron chi connectivity index (χ0n) is 45.2. The Morgan fingerprint density at radius 2 is 0.865 bits per heavy atom. The third kappa shape index (κ3) is 15.4. The average Bonchev–Trinajstić information content (AvgIpc) is 2.95. The first-order valence-corrected chi connectivity index (χ1v) is 30.2. The van der Waals surface area contributed by atoms with E-state index in [0.717, 1.165) is 24.3 Å². The van der Waals surface area contributed by atoms with E-state index in [2.05, 4.69) is 20.4 Å². The Balaban J connectivity index is 0.000000211. The van der Waals surface area contributed by atoms with Gasteiger partial charge in [0.05, 0.1) is 51.4 Å². The number of halogens is 8. The van der Waals surface area contributed by atoms with Crippen LogP contribution in [0, 0.1) is 0 Å². The Hall–Kier alpha value is -8.64. The highest BCUT2D eigenvalue weighted by Crippen LogP contribution is 2.60. The number of esters is 1. The molecule has 10 aromatic rings. The maximum Gasteiger partial charge on any atom is 0.399 e. The van der Waals surface area contributed by atoms with E-state index in [1.165, 1.54) is 43.5 Å². The lowest BCUT2D eigenvalue weighted by Gasteiger charge is -2.22. The minimum Gasteiger partial charge on any atom is -0.478 e. The third-order valence-electron chi connectivity index (χ3n) is 12.7. The van der Waals surface area contributed by atoms with Crippen molar-refractivity contribution in [1.29, 1.82) is 0 Å². The summed E-state index contributed by atoms with van der Waals surface area (Å²) in [7, 11) is -10.2. The average molecular weight is 1340 g/mol. The summed E-state index contributed by atoms with van der Waals surface area (Å²) in [4.78, 5) is 62.5. The highest BCUT2D eigenvalue weighted by Gasteiger charge is 2.51. The molecule has 2 aromatic heterocycles. The molecule has 30 heteroatoms. The minimum atomic E-state index is -5.73. The molecule has 0 saturated carbocycles. The monoisotopic (exact) mass is 1340 g/mol. The molecule has 0 unspecified atom stereocenters. The number of ether oxygens (including phenoxy) is 3. The zero-order chi connectivity index (χ0) is 64.0. The number of rotatable bonds is 20. The molecule has 0 bridgehead atoms. The van der Waals surface area contributed by atoms with E-state index in [-0.39, 0.29) is 57.5 Å². The summed E-state index contributed by atoms with van der Waals surface area (Å²) >= 11 is 24.7. The number of aromatic carboxylic acids is 1. The number of carboxylic acids is 1. The Morgan fingerprint density at radius 1 is 0.494 bits per heavy atom. The first kappa shape index (κ1) is 64.8. The van der Waals surface area contributed by atoms with Gasteiger partial charge in [-0.05, 0) is 120 Å². The van der Waals surface area contributed by atoms with Gasteiger partial charge in [-0.1, -0.05) is 129 Å². The van der Waals surface area contributed by atoms with E-state index >= 15 is 0 Å². The van der Waals surface area contributed by atoms with Crippen LogP contribution in [0.5, 0.6) is 23.0 Å². The maximum atomic E-state index is 14.2. The molecule has 2 heterocycles. The van der Waals surface area contributed by atoms with Crippen LogP contribution < -0.4 is 19.3 Å². The summed E-state index contributed by atoms with van der Waals surface area (Å²) in [6.45, 7) is 0.0193. The number of nitrogens with zero attached hydrogens (tertiary/aromatic N) is 6. The van der Waals surface area contributed by atoms with E-state index < -0.39 is 49.6 Å². The topological polar surface area (TPSA) is 281 Å². The number of benzene rings is 8. The summed E-state index contributed by atoms with van der Waals surface area (Å²) in [6, 6.07) is 44.4. The van der Waals surface area contributed by atoms with Crippen molar-refractivity contribution in [1.82, 2.24) is 20.4 Å².